The summed E-state index contributed by atoms with van der Waals surface area (Å²) in [6.45, 7) is 16.6. The Hall–Kier alpha value is -6.37. The minimum absolute atomic E-state index is 0.00502. The third-order valence-corrected chi connectivity index (χ3v) is 14.5. The highest BCUT2D eigenvalue weighted by Gasteiger charge is 2.50. The van der Waals surface area contributed by atoms with Gasteiger partial charge in [0.2, 0.25) is 21.6 Å². The van der Waals surface area contributed by atoms with Crippen LogP contribution in [0.25, 0.3) is 0 Å². The molecule has 0 bridgehead atoms. The second kappa shape index (κ2) is 27.6. The van der Waals surface area contributed by atoms with E-state index < -0.39 is 73.0 Å². The zero-order valence-corrected chi connectivity index (χ0v) is 45.1. The normalized spacial score (nSPS) is 21.6. The molecule has 4 saturated heterocycles. The van der Waals surface area contributed by atoms with Crippen LogP contribution in [-0.2, 0) is 70.9 Å². The molecule has 4 aliphatic rings. The van der Waals surface area contributed by atoms with Crippen molar-refractivity contribution >= 4 is 64.9 Å². The molecule has 1 unspecified atom stereocenters. The van der Waals surface area contributed by atoms with Crippen LogP contribution < -0.4 is 0 Å². The smallest absolute Gasteiger partial charge is 0.421 e. The fraction of sp³-hybridized carbons (Fsp3) is 0.463. The van der Waals surface area contributed by atoms with Crippen molar-refractivity contribution in [3.63, 3.8) is 0 Å². The van der Waals surface area contributed by atoms with Gasteiger partial charge in [-0.05, 0) is 90.8 Å². The van der Waals surface area contributed by atoms with Crippen LogP contribution in [0.1, 0.15) is 78.0 Å². The molecule has 0 saturated carbocycles. The summed E-state index contributed by atoms with van der Waals surface area (Å²) in [5.41, 5.74) is 1.65. The van der Waals surface area contributed by atoms with E-state index in [1.165, 1.54) is 11.0 Å². The van der Waals surface area contributed by atoms with Gasteiger partial charge in [0.1, 0.15) is 30.8 Å². The van der Waals surface area contributed by atoms with Gasteiger partial charge in [0, 0.05) is 6.08 Å². The molecule has 7 rings (SSSR count). The lowest BCUT2D eigenvalue weighted by molar-refractivity contribution is -0.147. The number of ether oxygens (including phenoxy) is 5. The van der Waals surface area contributed by atoms with E-state index in [1.807, 2.05) is 91.0 Å². The van der Waals surface area contributed by atoms with Crippen molar-refractivity contribution in [3.05, 3.63) is 132 Å². The van der Waals surface area contributed by atoms with Crippen LogP contribution >= 0.6 is 7.60 Å². The Morgan fingerprint density at radius 2 is 1.17 bits per heavy atom. The second-order valence-electron chi connectivity index (χ2n) is 18.9. The van der Waals surface area contributed by atoms with E-state index in [2.05, 4.69) is 6.58 Å². The first-order valence-electron chi connectivity index (χ1n) is 25.1. The average molecular weight is 1060 g/mol. The lowest BCUT2D eigenvalue weighted by Crippen LogP contribution is -2.48. The molecule has 0 aromatic heterocycles. The van der Waals surface area contributed by atoms with Crippen molar-refractivity contribution in [1.29, 1.82) is 0 Å². The topological polar surface area (TPSA) is 214 Å². The molecule has 76 heavy (non-hydrogen) atoms. The summed E-state index contributed by atoms with van der Waals surface area (Å²) in [5.74, 6) is -2.58. The number of hydrogen-bond donors (Lipinski definition) is 0. The van der Waals surface area contributed by atoms with Crippen LogP contribution in [0.4, 0.5) is 19.2 Å². The quantitative estimate of drug-likeness (QED) is 0.0390. The van der Waals surface area contributed by atoms with Gasteiger partial charge in [0.15, 0.2) is 11.6 Å². The van der Waals surface area contributed by atoms with E-state index in [9.17, 15) is 38.1 Å². The molecule has 3 aromatic rings. The predicted octanol–water partition coefficient (Wildman–Crippen LogP) is 7.88. The monoisotopic (exact) mass is 1060 g/mol. The Morgan fingerprint density at radius 3 is 1.62 bits per heavy atom. The van der Waals surface area contributed by atoms with Gasteiger partial charge in [-0.15, -0.1) is 0 Å². The number of benzene rings is 3. The zero-order chi connectivity index (χ0) is 55.8. The standard InChI is InChI=1S/C21H23BN2O5.C17H22BNO4.C16H22NO6P/c1-14-13-28-20(27)23(14)18(25)11-7-10-17-16(12-15-8-5-4-6-9-15)24(19(22)26)21(2,3)29-17;1-4-22-15(20)11-14-13(10-12-8-6-5-7-9-12)19(16(18)21)17(2,3)23-14;1-3-22-24(20,23-4-2)12-15(18)17-14(11-21-16(17)19)10-13-8-6-5-7-9-13/h4-9,11,16-17H,1,10,12-13H2,2-3H3;5-9,13-14H,4,10-11H2,1-3H3;5-9,14H,3-4,10-12H2,1-2H3/b11-7+;;/t16-,17+;13-,14+;/m00./s1. The van der Waals surface area contributed by atoms with Gasteiger partial charge in [-0.25, -0.2) is 19.4 Å². The van der Waals surface area contributed by atoms with Gasteiger partial charge >= 0.3 is 25.8 Å². The molecule has 6 amide bonds. The molecule has 3 aromatic carbocycles. The first-order valence-corrected chi connectivity index (χ1v) is 26.8. The number of carbonyl (C=O) groups is 7. The van der Waals surface area contributed by atoms with E-state index >= 15 is 0 Å². The number of esters is 1. The SMILES string of the molecule is CCOP(=O)(CC(=O)N1C(=O)OCC1Cc1ccccc1)OCC.[B]C(=O)N1[C@@H](Cc2ccccc2)[C@@H](C/C=C/C(=O)N2C(=C)COC2=O)OC1(C)C.[B]C(=O)N1[C@@H](Cc2ccccc2)[C@@H](CC(=O)OCC)OC1(C)C. The first-order chi connectivity index (χ1) is 36.0. The summed E-state index contributed by atoms with van der Waals surface area (Å²) >= 11 is 0. The van der Waals surface area contributed by atoms with Crippen molar-refractivity contribution in [2.45, 2.75) is 122 Å². The van der Waals surface area contributed by atoms with Crippen LogP contribution in [-0.4, -0.2) is 158 Å². The van der Waals surface area contributed by atoms with Crippen molar-refractivity contribution in [3.8, 4) is 0 Å². The number of cyclic esters (lactones) is 2. The lowest BCUT2D eigenvalue weighted by Gasteiger charge is -2.33. The number of rotatable bonds is 18. The molecule has 0 N–H and O–H groups in total. The maximum Gasteiger partial charge on any atom is 0.421 e. The fourth-order valence-corrected chi connectivity index (χ4v) is 11.0. The maximum absolute atomic E-state index is 12.5. The molecule has 22 heteroatoms. The summed E-state index contributed by atoms with van der Waals surface area (Å²) in [5, 5.41) is 0. The second-order valence-corrected chi connectivity index (χ2v) is 20.9. The van der Waals surface area contributed by atoms with Gasteiger partial charge in [-0.2, -0.15) is 0 Å². The molecule has 0 aliphatic carbocycles. The molecular weight excluding hydrogens is 997 g/mol. The van der Waals surface area contributed by atoms with Crippen molar-refractivity contribution in [2.75, 3.05) is 39.2 Å². The van der Waals surface area contributed by atoms with Crippen LogP contribution in [0.5, 0.6) is 0 Å². The summed E-state index contributed by atoms with van der Waals surface area (Å²) < 4.78 is 49.6. The zero-order valence-electron chi connectivity index (χ0n) is 44.2. The minimum atomic E-state index is -3.56. The van der Waals surface area contributed by atoms with Gasteiger partial charge < -0.3 is 42.5 Å². The Morgan fingerprint density at radius 1 is 0.697 bits per heavy atom. The summed E-state index contributed by atoms with van der Waals surface area (Å²) in [4.78, 5) is 89.2. The van der Waals surface area contributed by atoms with Crippen molar-refractivity contribution in [2.24, 2.45) is 0 Å². The van der Waals surface area contributed by atoms with Crippen molar-refractivity contribution < 1.29 is 70.9 Å². The highest BCUT2D eigenvalue weighted by Crippen LogP contribution is 2.48. The summed E-state index contributed by atoms with van der Waals surface area (Å²) in [6, 6.07) is 28.0. The van der Waals surface area contributed by atoms with Crippen LogP contribution in [0.2, 0.25) is 0 Å². The Balaban J connectivity index is 0.000000212. The highest BCUT2D eigenvalue weighted by molar-refractivity contribution is 7.54. The summed E-state index contributed by atoms with van der Waals surface area (Å²) in [7, 11) is 7.63. The number of amides is 6. The number of nitrogens with zero attached hydrogens (tertiary/aromatic N) is 4. The molecule has 0 spiro atoms. The molecular formula is C54H67B2N4O15P. The van der Waals surface area contributed by atoms with Crippen LogP contribution in [0, 0.1) is 0 Å². The van der Waals surface area contributed by atoms with E-state index in [0.29, 0.717) is 38.0 Å². The Kier molecular flexibility index (Phi) is 22.0. The van der Waals surface area contributed by atoms with Gasteiger partial charge in [0.05, 0.1) is 62.3 Å². The van der Waals surface area contributed by atoms with Gasteiger partial charge in [-0.1, -0.05) is 104 Å². The van der Waals surface area contributed by atoms with E-state index in [1.54, 1.807) is 59.4 Å². The number of imide groups is 2. The fourth-order valence-electron chi connectivity index (χ4n) is 9.52. The summed E-state index contributed by atoms with van der Waals surface area (Å²) in [6.07, 6.45) is 2.25. The lowest BCUT2D eigenvalue weighted by atomic mass is 9.95. The molecule has 5 atom stereocenters. The molecule has 4 heterocycles. The number of hydrogen-bond acceptors (Lipinski definition) is 15. The third kappa shape index (κ3) is 16.3. The first kappa shape index (κ1) is 60.5. The van der Waals surface area contributed by atoms with Gasteiger partial charge in [0.25, 0.3) is 5.91 Å². The maximum atomic E-state index is 12.5. The third-order valence-electron chi connectivity index (χ3n) is 12.5. The van der Waals surface area contributed by atoms with E-state index in [4.69, 9.17) is 48.4 Å². The van der Waals surface area contributed by atoms with E-state index in [0.717, 1.165) is 26.5 Å². The minimum Gasteiger partial charge on any atom is -0.466 e. The Bertz CT molecular complexity index is 2560. The molecule has 404 valence electrons. The molecule has 4 fully saturated rings. The largest absolute Gasteiger partial charge is 0.466 e. The van der Waals surface area contributed by atoms with E-state index in [-0.39, 0.29) is 57.0 Å². The predicted molar refractivity (Wildman–Crippen MR) is 282 cm³/mol. The molecule has 4 aliphatic heterocycles. The average Bonchev–Trinajstić information content (AvgIpc) is 4.04. The molecule has 19 nitrogen and oxygen atoms in total. The van der Waals surface area contributed by atoms with Crippen LogP contribution in [0.3, 0.4) is 0 Å². The number of carbonyl (C=O) groups excluding carboxylic acids is 7. The van der Waals surface area contributed by atoms with Gasteiger partial charge in [-0.3, -0.25) is 28.5 Å². The Labute approximate surface area is 447 Å². The van der Waals surface area contributed by atoms with Crippen LogP contribution in [0.15, 0.2) is 115 Å². The van der Waals surface area contributed by atoms with Crippen molar-refractivity contribution in [1.82, 2.24) is 19.6 Å². The molecule has 4 radical (unpaired) electrons. The highest BCUT2D eigenvalue weighted by atomic mass is 31.2.